The molecule has 1 heterocycles. The highest BCUT2D eigenvalue weighted by Gasteiger charge is 1.71. The molecule has 0 amide bonds. The number of nitrogens with one attached hydrogen (secondary N) is 1. The lowest BCUT2D eigenvalue weighted by molar-refractivity contribution is 0.823. The summed E-state index contributed by atoms with van der Waals surface area (Å²) in [6, 6.07) is 9.49. The number of aromatic nitrogens is 4. The Labute approximate surface area is 82.4 Å². The zero-order valence-electron chi connectivity index (χ0n) is 7.38. The highest BCUT2D eigenvalue weighted by Crippen LogP contribution is 1.76. The highest BCUT2D eigenvalue weighted by molar-refractivity contribution is 6.32. The molecular formula is C7H11BN4O2. The van der Waals surface area contributed by atoms with Crippen molar-refractivity contribution in [3.63, 3.8) is 0 Å². The Morgan fingerprint density at radius 2 is 1.71 bits per heavy atom. The first-order valence-electron chi connectivity index (χ1n) is 3.36. The summed E-state index contributed by atoms with van der Waals surface area (Å²) < 4.78 is 0. The fourth-order valence-electron chi connectivity index (χ4n) is 0.582. The lowest BCUT2D eigenvalue weighted by Crippen LogP contribution is -1.97. The van der Waals surface area contributed by atoms with Gasteiger partial charge in [0.15, 0.2) is 6.33 Å². The fraction of sp³-hybridized carbons (Fsp3) is 0. The summed E-state index contributed by atoms with van der Waals surface area (Å²) >= 11 is 0. The third-order valence-corrected chi connectivity index (χ3v) is 1.07. The SMILES string of the molecule is O.O.[B]c1ccccc1.c1nn[nH]n1. The molecule has 0 aliphatic heterocycles. The number of tetrazole rings is 1. The molecule has 5 N–H and O–H groups in total. The average Bonchev–Trinajstić information content (AvgIpc) is 2.62. The molecule has 2 rings (SSSR count). The highest BCUT2D eigenvalue weighted by atomic mass is 16.0. The molecule has 1 aromatic heterocycles. The first kappa shape index (κ1) is 14.8. The van der Waals surface area contributed by atoms with E-state index in [4.69, 9.17) is 7.85 Å². The molecule has 0 bridgehead atoms. The summed E-state index contributed by atoms with van der Waals surface area (Å²) in [5, 5.41) is 12.2. The topological polar surface area (TPSA) is 117 Å². The van der Waals surface area contributed by atoms with Crippen LogP contribution >= 0.6 is 0 Å². The van der Waals surface area contributed by atoms with Crippen LogP contribution in [0.3, 0.4) is 0 Å². The molecule has 7 heteroatoms. The summed E-state index contributed by atoms with van der Waals surface area (Å²) in [4.78, 5) is 0. The smallest absolute Gasteiger partial charge is 0.161 e. The van der Waals surface area contributed by atoms with Crippen LogP contribution in [-0.4, -0.2) is 39.4 Å². The predicted molar refractivity (Wildman–Crippen MR) is 53.2 cm³/mol. The van der Waals surface area contributed by atoms with Crippen molar-refractivity contribution < 1.29 is 11.0 Å². The Morgan fingerprint density at radius 1 is 1.07 bits per heavy atom. The van der Waals surface area contributed by atoms with E-state index in [1.807, 2.05) is 30.3 Å². The lowest BCUT2D eigenvalue weighted by atomic mass is 9.97. The second kappa shape index (κ2) is 9.36. The molecular weight excluding hydrogens is 183 g/mol. The predicted octanol–water partition coefficient (Wildman–Crippen LogP) is -1.97. The molecule has 0 aliphatic carbocycles. The van der Waals surface area contributed by atoms with Crippen molar-refractivity contribution >= 4 is 13.3 Å². The Balaban J connectivity index is 0. The minimum Gasteiger partial charge on any atom is -0.412 e. The molecule has 74 valence electrons. The molecule has 0 atom stereocenters. The zero-order chi connectivity index (χ0) is 8.65. The van der Waals surface area contributed by atoms with Gasteiger partial charge in [0.25, 0.3) is 0 Å². The van der Waals surface area contributed by atoms with E-state index in [9.17, 15) is 0 Å². The molecule has 0 fully saturated rings. The van der Waals surface area contributed by atoms with Crippen molar-refractivity contribution in [1.82, 2.24) is 20.6 Å². The van der Waals surface area contributed by atoms with Crippen LogP contribution in [0.15, 0.2) is 36.7 Å². The maximum absolute atomic E-state index is 5.36. The number of hydrogen-bond acceptors (Lipinski definition) is 3. The van der Waals surface area contributed by atoms with Crippen molar-refractivity contribution in [2.75, 3.05) is 0 Å². The number of H-pyrrole nitrogens is 1. The van der Waals surface area contributed by atoms with Crippen LogP contribution in [0.25, 0.3) is 0 Å². The van der Waals surface area contributed by atoms with E-state index in [2.05, 4.69) is 20.6 Å². The number of benzene rings is 1. The third-order valence-electron chi connectivity index (χ3n) is 1.07. The Bertz CT molecular complexity index is 272. The fourth-order valence-corrected chi connectivity index (χ4v) is 0.582. The van der Waals surface area contributed by atoms with E-state index in [0.29, 0.717) is 0 Å². The second-order valence-electron chi connectivity index (χ2n) is 1.97. The second-order valence-corrected chi connectivity index (χ2v) is 1.97. The van der Waals surface area contributed by atoms with Gasteiger partial charge in [0.05, 0.1) is 0 Å². The summed E-state index contributed by atoms with van der Waals surface area (Å²) in [7, 11) is 5.36. The van der Waals surface area contributed by atoms with Gasteiger partial charge in [-0.25, -0.2) is 0 Å². The molecule has 0 saturated carbocycles. The summed E-state index contributed by atoms with van der Waals surface area (Å²) in [5.74, 6) is 0. The van der Waals surface area contributed by atoms with E-state index in [0.717, 1.165) is 5.46 Å². The van der Waals surface area contributed by atoms with Crippen LogP contribution in [0.2, 0.25) is 0 Å². The van der Waals surface area contributed by atoms with Gasteiger partial charge >= 0.3 is 0 Å². The summed E-state index contributed by atoms with van der Waals surface area (Å²) in [5.41, 5.74) is 0.822. The van der Waals surface area contributed by atoms with E-state index in [1.165, 1.54) is 6.33 Å². The molecule has 2 aromatic rings. The van der Waals surface area contributed by atoms with Gasteiger partial charge in [-0.1, -0.05) is 41.0 Å². The molecule has 0 spiro atoms. The molecule has 2 radical (unpaired) electrons. The van der Waals surface area contributed by atoms with Gasteiger partial charge in [0.1, 0.15) is 7.85 Å². The number of hydrogen-bond donors (Lipinski definition) is 1. The number of nitrogens with zero attached hydrogens (tertiary/aromatic N) is 3. The van der Waals surface area contributed by atoms with Crippen LogP contribution < -0.4 is 5.46 Å². The molecule has 1 aromatic carbocycles. The first-order chi connectivity index (χ1) is 5.89. The van der Waals surface area contributed by atoms with E-state index < -0.39 is 0 Å². The van der Waals surface area contributed by atoms with Crippen LogP contribution in [0.1, 0.15) is 0 Å². The quantitative estimate of drug-likeness (QED) is 0.490. The van der Waals surface area contributed by atoms with Crippen LogP contribution in [0.5, 0.6) is 0 Å². The Hall–Kier alpha value is -1.73. The standard InChI is InChI=1S/C6H5B.CH2N4.2H2O/c7-6-4-2-1-3-5-6;1-2-4-5-3-1;;/h1-5H;1H,(H,2,3,4,5);2*1H2. The van der Waals surface area contributed by atoms with E-state index in [-0.39, 0.29) is 11.0 Å². The molecule has 14 heavy (non-hydrogen) atoms. The van der Waals surface area contributed by atoms with Gasteiger partial charge < -0.3 is 11.0 Å². The van der Waals surface area contributed by atoms with Crippen molar-refractivity contribution in [3.05, 3.63) is 36.7 Å². The van der Waals surface area contributed by atoms with Crippen LogP contribution in [0, 0.1) is 0 Å². The van der Waals surface area contributed by atoms with Crippen molar-refractivity contribution in [2.24, 2.45) is 0 Å². The van der Waals surface area contributed by atoms with Gasteiger partial charge in [0, 0.05) is 0 Å². The van der Waals surface area contributed by atoms with Gasteiger partial charge in [0.2, 0.25) is 0 Å². The Morgan fingerprint density at radius 3 is 1.93 bits per heavy atom. The van der Waals surface area contributed by atoms with Gasteiger partial charge in [-0.3, -0.25) is 0 Å². The zero-order valence-corrected chi connectivity index (χ0v) is 7.38. The number of aromatic amines is 1. The van der Waals surface area contributed by atoms with Crippen LogP contribution in [-0.2, 0) is 0 Å². The average molecular weight is 194 g/mol. The van der Waals surface area contributed by atoms with E-state index in [1.54, 1.807) is 0 Å². The van der Waals surface area contributed by atoms with Gasteiger partial charge in [-0.2, -0.15) is 5.21 Å². The van der Waals surface area contributed by atoms with Gasteiger partial charge in [-0.15, -0.1) is 10.2 Å². The summed E-state index contributed by atoms with van der Waals surface area (Å²) in [6.45, 7) is 0. The monoisotopic (exact) mass is 194 g/mol. The van der Waals surface area contributed by atoms with Crippen molar-refractivity contribution in [2.45, 2.75) is 0 Å². The minimum absolute atomic E-state index is 0. The molecule has 0 aliphatic rings. The summed E-state index contributed by atoms with van der Waals surface area (Å²) in [6.07, 6.45) is 1.33. The largest absolute Gasteiger partial charge is 0.412 e. The van der Waals surface area contributed by atoms with Crippen molar-refractivity contribution in [1.29, 1.82) is 0 Å². The molecule has 0 saturated heterocycles. The van der Waals surface area contributed by atoms with Crippen molar-refractivity contribution in [3.8, 4) is 0 Å². The van der Waals surface area contributed by atoms with Crippen LogP contribution in [0.4, 0.5) is 0 Å². The maximum atomic E-state index is 5.36. The molecule has 0 unspecified atom stereocenters. The molecule has 6 nitrogen and oxygen atoms in total. The number of rotatable bonds is 0. The van der Waals surface area contributed by atoms with Gasteiger partial charge in [-0.05, 0) is 0 Å². The first-order valence-corrected chi connectivity index (χ1v) is 3.36. The Kier molecular flexibility index (Phi) is 9.89. The maximum Gasteiger partial charge on any atom is 0.161 e. The van der Waals surface area contributed by atoms with E-state index >= 15 is 0 Å². The third kappa shape index (κ3) is 6.95. The lowest BCUT2D eigenvalue weighted by Gasteiger charge is -1.83. The minimum atomic E-state index is 0. The normalized spacial score (nSPS) is 7.14.